The van der Waals surface area contributed by atoms with E-state index in [0.29, 0.717) is 28.0 Å². The monoisotopic (exact) mass is 394 g/mol. The zero-order chi connectivity index (χ0) is 20.1. The SMILES string of the molecule is Cc1ccc(NC(=O)c2cnc(NCC(C)C)c(Cl)c2)cc1-c1ccccn1. The van der Waals surface area contributed by atoms with E-state index in [4.69, 9.17) is 11.6 Å². The lowest BCUT2D eigenvalue weighted by atomic mass is 10.0. The highest BCUT2D eigenvalue weighted by Gasteiger charge is 2.12. The molecule has 0 bridgehead atoms. The summed E-state index contributed by atoms with van der Waals surface area (Å²) < 4.78 is 0. The topological polar surface area (TPSA) is 66.9 Å². The molecule has 1 amide bonds. The Balaban J connectivity index is 1.77. The van der Waals surface area contributed by atoms with Crippen molar-refractivity contribution >= 4 is 29.0 Å². The average molecular weight is 395 g/mol. The van der Waals surface area contributed by atoms with Gasteiger partial charge in [0, 0.05) is 30.2 Å². The molecule has 3 aromatic rings. The second-order valence-corrected chi connectivity index (χ2v) is 7.44. The van der Waals surface area contributed by atoms with Crippen LogP contribution >= 0.6 is 11.6 Å². The molecule has 144 valence electrons. The fourth-order valence-corrected chi connectivity index (χ4v) is 2.93. The smallest absolute Gasteiger partial charge is 0.257 e. The molecule has 2 N–H and O–H groups in total. The first-order valence-corrected chi connectivity index (χ1v) is 9.54. The van der Waals surface area contributed by atoms with Crippen LogP contribution in [-0.4, -0.2) is 22.4 Å². The lowest BCUT2D eigenvalue weighted by molar-refractivity contribution is 0.102. The zero-order valence-corrected chi connectivity index (χ0v) is 16.9. The van der Waals surface area contributed by atoms with Gasteiger partial charge in [-0.25, -0.2) is 4.98 Å². The first-order valence-electron chi connectivity index (χ1n) is 9.17. The molecule has 0 radical (unpaired) electrons. The van der Waals surface area contributed by atoms with E-state index in [-0.39, 0.29) is 5.91 Å². The van der Waals surface area contributed by atoms with E-state index in [1.807, 2.05) is 43.3 Å². The van der Waals surface area contributed by atoms with Gasteiger partial charge in [0.25, 0.3) is 5.91 Å². The van der Waals surface area contributed by atoms with Crippen LogP contribution in [0.3, 0.4) is 0 Å². The molecule has 0 fully saturated rings. The Bertz CT molecular complexity index is 974. The minimum absolute atomic E-state index is 0.263. The largest absolute Gasteiger partial charge is 0.369 e. The van der Waals surface area contributed by atoms with Crippen molar-refractivity contribution in [1.82, 2.24) is 9.97 Å². The fourth-order valence-electron chi connectivity index (χ4n) is 2.69. The number of nitrogens with one attached hydrogen (secondary N) is 2. The number of amides is 1. The third kappa shape index (κ3) is 4.87. The lowest BCUT2D eigenvalue weighted by Gasteiger charge is -2.12. The third-order valence-electron chi connectivity index (χ3n) is 4.22. The molecule has 0 unspecified atom stereocenters. The lowest BCUT2D eigenvalue weighted by Crippen LogP contribution is -2.14. The van der Waals surface area contributed by atoms with Crippen LogP contribution in [-0.2, 0) is 0 Å². The van der Waals surface area contributed by atoms with Gasteiger partial charge in [-0.15, -0.1) is 0 Å². The molecule has 1 aromatic carbocycles. The summed E-state index contributed by atoms with van der Waals surface area (Å²) >= 11 is 6.27. The molecule has 0 aliphatic heterocycles. The molecular formula is C22H23ClN4O. The van der Waals surface area contributed by atoms with Crippen molar-refractivity contribution in [3.05, 3.63) is 71.0 Å². The molecule has 0 aliphatic rings. The summed E-state index contributed by atoms with van der Waals surface area (Å²) in [6.45, 7) is 6.98. The molecule has 2 heterocycles. The summed E-state index contributed by atoms with van der Waals surface area (Å²) in [5, 5.41) is 6.51. The number of hydrogen-bond acceptors (Lipinski definition) is 4. The first kappa shape index (κ1) is 19.8. The van der Waals surface area contributed by atoms with E-state index in [0.717, 1.165) is 23.4 Å². The highest BCUT2D eigenvalue weighted by molar-refractivity contribution is 6.33. The van der Waals surface area contributed by atoms with Crippen LogP contribution in [0, 0.1) is 12.8 Å². The normalized spacial score (nSPS) is 10.8. The number of nitrogens with zero attached hydrogens (tertiary/aromatic N) is 2. The highest BCUT2D eigenvalue weighted by atomic mass is 35.5. The van der Waals surface area contributed by atoms with E-state index in [2.05, 4.69) is 34.4 Å². The number of aromatic nitrogens is 2. The summed E-state index contributed by atoms with van der Waals surface area (Å²) in [6.07, 6.45) is 3.28. The zero-order valence-electron chi connectivity index (χ0n) is 16.2. The molecule has 6 heteroatoms. The second kappa shape index (κ2) is 8.85. The van der Waals surface area contributed by atoms with E-state index in [1.54, 1.807) is 12.3 Å². The van der Waals surface area contributed by atoms with Crippen molar-refractivity contribution < 1.29 is 4.79 Å². The van der Waals surface area contributed by atoms with Gasteiger partial charge in [0.15, 0.2) is 0 Å². The summed E-state index contributed by atoms with van der Waals surface area (Å²) in [6, 6.07) is 13.1. The number of benzene rings is 1. The number of halogens is 1. The van der Waals surface area contributed by atoms with Gasteiger partial charge >= 0.3 is 0 Å². The van der Waals surface area contributed by atoms with Gasteiger partial charge < -0.3 is 10.6 Å². The number of rotatable bonds is 6. The fraction of sp³-hybridized carbons (Fsp3) is 0.227. The van der Waals surface area contributed by atoms with Crippen LogP contribution in [0.1, 0.15) is 29.8 Å². The third-order valence-corrected chi connectivity index (χ3v) is 4.51. The van der Waals surface area contributed by atoms with Crippen molar-refractivity contribution in [2.24, 2.45) is 5.92 Å². The number of anilines is 2. The average Bonchev–Trinajstić information content (AvgIpc) is 2.69. The van der Waals surface area contributed by atoms with Gasteiger partial charge in [0.2, 0.25) is 0 Å². The van der Waals surface area contributed by atoms with Crippen molar-refractivity contribution in [1.29, 1.82) is 0 Å². The molecule has 28 heavy (non-hydrogen) atoms. The van der Waals surface area contributed by atoms with Crippen LogP contribution in [0.2, 0.25) is 5.02 Å². The maximum absolute atomic E-state index is 12.6. The van der Waals surface area contributed by atoms with Crippen LogP contribution < -0.4 is 10.6 Å². The molecule has 0 atom stereocenters. The Morgan fingerprint density at radius 1 is 1.14 bits per heavy atom. The predicted molar refractivity (Wildman–Crippen MR) is 115 cm³/mol. The highest BCUT2D eigenvalue weighted by Crippen LogP contribution is 2.26. The van der Waals surface area contributed by atoms with Gasteiger partial charge in [-0.05, 0) is 48.7 Å². The van der Waals surface area contributed by atoms with Crippen molar-refractivity contribution in [2.45, 2.75) is 20.8 Å². The summed E-state index contributed by atoms with van der Waals surface area (Å²) in [7, 11) is 0. The van der Waals surface area contributed by atoms with Crippen LogP contribution in [0.15, 0.2) is 54.9 Å². The number of carbonyl (C=O) groups excluding carboxylic acids is 1. The molecule has 0 saturated carbocycles. The number of pyridine rings is 2. The summed E-state index contributed by atoms with van der Waals surface area (Å²) in [5.74, 6) is 0.788. The van der Waals surface area contributed by atoms with E-state index >= 15 is 0 Å². The van der Waals surface area contributed by atoms with Crippen LogP contribution in [0.5, 0.6) is 0 Å². The Labute approximate surface area is 170 Å². The predicted octanol–water partition coefficient (Wildman–Crippen LogP) is 5.43. The molecule has 0 saturated heterocycles. The molecule has 3 rings (SSSR count). The Hall–Kier alpha value is -2.92. The molecular weight excluding hydrogens is 372 g/mol. The van der Waals surface area contributed by atoms with E-state index in [1.165, 1.54) is 6.20 Å². The van der Waals surface area contributed by atoms with Crippen LogP contribution in [0.4, 0.5) is 11.5 Å². The number of carbonyl (C=O) groups is 1. The van der Waals surface area contributed by atoms with Crippen molar-refractivity contribution in [2.75, 3.05) is 17.2 Å². The van der Waals surface area contributed by atoms with Gasteiger partial charge in [0.1, 0.15) is 5.82 Å². The van der Waals surface area contributed by atoms with E-state index in [9.17, 15) is 4.79 Å². The van der Waals surface area contributed by atoms with E-state index < -0.39 is 0 Å². The van der Waals surface area contributed by atoms with Gasteiger partial charge in [-0.2, -0.15) is 0 Å². The summed E-state index contributed by atoms with van der Waals surface area (Å²) in [5.41, 5.74) is 4.01. The van der Waals surface area contributed by atoms with Gasteiger partial charge in [-0.3, -0.25) is 9.78 Å². The minimum atomic E-state index is -0.263. The quantitative estimate of drug-likeness (QED) is 0.585. The second-order valence-electron chi connectivity index (χ2n) is 7.03. The Morgan fingerprint density at radius 2 is 1.96 bits per heavy atom. The van der Waals surface area contributed by atoms with Gasteiger partial charge in [-0.1, -0.05) is 37.6 Å². The van der Waals surface area contributed by atoms with Crippen LogP contribution in [0.25, 0.3) is 11.3 Å². The van der Waals surface area contributed by atoms with Gasteiger partial charge in [0.05, 0.1) is 16.3 Å². The summed E-state index contributed by atoms with van der Waals surface area (Å²) in [4.78, 5) is 21.3. The maximum Gasteiger partial charge on any atom is 0.257 e. The molecule has 5 nitrogen and oxygen atoms in total. The van der Waals surface area contributed by atoms with Crippen molar-refractivity contribution in [3.63, 3.8) is 0 Å². The standard InChI is InChI=1S/C22H23ClN4O/c1-14(2)12-25-21-19(23)10-16(13-26-21)22(28)27-17-8-7-15(3)18(11-17)20-6-4-5-9-24-20/h4-11,13-14H,12H2,1-3H3,(H,25,26)(H,27,28). The Morgan fingerprint density at radius 3 is 2.64 bits per heavy atom. The number of aryl methyl sites for hydroxylation is 1. The molecule has 0 spiro atoms. The molecule has 0 aliphatic carbocycles. The first-order chi connectivity index (χ1) is 13.4. The maximum atomic E-state index is 12.6. The number of hydrogen-bond donors (Lipinski definition) is 2. The van der Waals surface area contributed by atoms with Crippen molar-refractivity contribution in [3.8, 4) is 11.3 Å². The molecule has 2 aromatic heterocycles. The Kier molecular flexibility index (Phi) is 6.26. The minimum Gasteiger partial charge on any atom is -0.369 e.